The summed E-state index contributed by atoms with van der Waals surface area (Å²) in [6, 6.07) is 0. The van der Waals surface area contributed by atoms with E-state index in [2.05, 4.69) is 19.9 Å². The molecule has 0 rings (SSSR count). The maximum absolute atomic E-state index is 4.62. The average molecular weight is 168 g/mol. The van der Waals surface area contributed by atoms with Crippen LogP contribution in [0.5, 0.6) is 0 Å². The Balaban J connectivity index is 0. The van der Waals surface area contributed by atoms with Crippen LogP contribution in [0.25, 0.3) is 0 Å². The molecule has 0 N–H and O–H groups in total. The number of hydrogen-bond donors (Lipinski definition) is 0. The molecule has 0 unspecified atom stereocenters. The van der Waals surface area contributed by atoms with E-state index in [1.165, 1.54) is 0 Å². The van der Waals surface area contributed by atoms with E-state index >= 15 is 0 Å². The molecule has 0 aliphatic carbocycles. The first-order chi connectivity index (χ1) is 2.56. The molecular formula is C4H9ClCoO. The molecule has 0 fully saturated rings. The van der Waals surface area contributed by atoms with Gasteiger partial charge in [0, 0.05) is 0 Å². The Morgan fingerprint density at radius 3 is 1.43 bits per heavy atom. The van der Waals surface area contributed by atoms with E-state index < -0.39 is 0 Å². The minimum absolute atomic E-state index is 0. The first-order valence-corrected chi connectivity index (χ1v) is 2.27. The van der Waals surface area contributed by atoms with Crippen molar-refractivity contribution in [2.24, 2.45) is 0 Å². The van der Waals surface area contributed by atoms with Crippen molar-refractivity contribution in [3.63, 3.8) is 0 Å². The van der Waals surface area contributed by atoms with Crippen molar-refractivity contribution < 1.29 is 32.3 Å². The molecule has 0 radical (unpaired) electrons. The molecule has 0 aromatic rings. The van der Waals surface area contributed by atoms with Crippen molar-refractivity contribution in [3.8, 4) is 0 Å². The molecular weight excluding hydrogens is 158 g/mol. The molecule has 0 heterocycles. The van der Waals surface area contributed by atoms with Crippen molar-refractivity contribution in [2.45, 2.75) is 26.4 Å². The summed E-state index contributed by atoms with van der Waals surface area (Å²) in [7, 11) is 0. The van der Waals surface area contributed by atoms with Crippen LogP contribution in [0.3, 0.4) is 0 Å². The van der Waals surface area contributed by atoms with Crippen LogP contribution in [0.1, 0.15) is 20.8 Å². The second-order valence-corrected chi connectivity index (χ2v) is 2.39. The first-order valence-electron chi connectivity index (χ1n) is 1.84. The number of hydrogen-bond acceptors (Lipinski definition) is 1. The maximum atomic E-state index is 4.62. The molecule has 0 saturated heterocycles. The third-order valence-corrected chi connectivity index (χ3v) is 0.842. The van der Waals surface area contributed by atoms with Gasteiger partial charge < -0.3 is 12.4 Å². The molecule has 0 aliphatic heterocycles. The van der Waals surface area contributed by atoms with Crippen LogP contribution in [-0.2, 0) is 19.9 Å². The number of rotatable bonds is 0. The molecule has 0 bridgehead atoms. The average Bonchev–Trinajstić information content (AvgIpc) is 1.35. The quantitative estimate of drug-likeness (QED) is 0.417. The van der Waals surface area contributed by atoms with Crippen molar-refractivity contribution in [3.05, 3.63) is 0 Å². The van der Waals surface area contributed by atoms with Gasteiger partial charge in [0.1, 0.15) is 0 Å². The Hall–Kier alpha value is 0.756. The predicted octanol–water partition coefficient (Wildman–Crippen LogP) is -1.73. The monoisotopic (exact) mass is 167 g/mol. The Morgan fingerprint density at radius 1 is 1.29 bits per heavy atom. The second kappa shape index (κ2) is 3.72. The summed E-state index contributed by atoms with van der Waals surface area (Å²) in [5, 5.41) is 0. The maximum Gasteiger partial charge on any atom is -1.00 e. The minimum Gasteiger partial charge on any atom is -1.00 e. The van der Waals surface area contributed by atoms with E-state index in [1.807, 2.05) is 20.8 Å². The summed E-state index contributed by atoms with van der Waals surface area (Å²) in [6.45, 7) is 5.83. The van der Waals surface area contributed by atoms with Crippen LogP contribution in [0, 0.1) is 0 Å². The van der Waals surface area contributed by atoms with Crippen LogP contribution in [0.4, 0.5) is 0 Å². The molecule has 3 heteroatoms. The van der Waals surface area contributed by atoms with Gasteiger partial charge in [-0.2, -0.15) is 0 Å². The van der Waals surface area contributed by atoms with Gasteiger partial charge in [-0.15, -0.1) is 0 Å². The normalized spacial score (nSPS) is 10.3. The van der Waals surface area contributed by atoms with Crippen molar-refractivity contribution in [1.82, 2.24) is 0 Å². The fourth-order valence-electron chi connectivity index (χ4n) is 0. The molecule has 0 aromatic heterocycles. The van der Waals surface area contributed by atoms with Gasteiger partial charge in [0.15, 0.2) is 0 Å². The third kappa shape index (κ3) is 10.8. The molecule has 1 nitrogen and oxygen atoms in total. The summed E-state index contributed by atoms with van der Waals surface area (Å²) in [6.07, 6.45) is 0. The van der Waals surface area contributed by atoms with Crippen LogP contribution in [0.2, 0.25) is 0 Å². The zero-order chi connectivity index (χ0) is 5.21. The Kier molecular flexibility index (Phi) is 5.68. The van der Waals surface area contributed by atoms with Crippen molar-refractivity contribution >= 4 is 0 Å². The van der Waals surface area contributed by atoms with Crippen LogP contribution in [0.15, 0.2) is 0 Å². The fourth-order valence-corrected chi connectivity index (χ4v) is 0. The smallest absolute Gasteiger partial charge is 1.00 e. The van der Waals surface area contributed by atoms with Crippen LogP contribution >= 0.6 is 0 Å². The summed E-state index contributed by atoms with van der Waals surface area (Å²) in [5.74, 6) is 0. The summed E-state index contributed by atoms with van der Waals surface area (Å²) >= 11 is 3.64. The molecule has 0 spiro atoms. The zero-order valence-electron chi connectivity index (χ0n) is 4.62. The van der Waals surface area contributed by atoms with Crippen molar-refractivity contribution in [2.75, 3.05) is 0 Å². The van der Waals surface area contributed by atoms with Gasteiger partial charge in [-0.25, -0.2) is 0 Å². The Morgan fingerprint density at radius 2 is 1.43 bits per heavy atom. The molecule has 7 heavy (non-hydrogen) atoms. The molecule has 0 amide bonds. The van der Waals surface area contributed by atoms with Gasteiger partial charge in [-0.3, -0.25) is 0 Å². The summed E-state index contributed by atoms with van der Waals surface area (Å²) in [4.78, 5) is 0. The number of halogens is 1. The minimum atomic E-state index is -0.0972. The van der Waals surface area contributed by atoms with E-state index in [4.69, 9.17) is 0 Å². The van der Waals surface area contributed by atoms with E-state index in [0.29, 0.717) is 0 Å². The van der Waals surface area contributed by atoms with E-state index in [9.17, 15) is 0 Å². The van der Waals surface area contributed by atoms with Gasteiger partial charge in [0.2, 0.25) is 0 Å². The van der Waals surface area contributed by atoms with E-state index in [-0.39, 0.29) is 18.0 Å². The summed E-state index contributed by atoms with van der Waals surface area (Å²) in [5.41, 5.74) is -0.0972. The van der Waals surface area contributed by atoms with Gasteiger partial charge in [0.25, 0.3) is 0 Å². The molecule has 0 saturated carbocycles. The second-order valence-electron chi connectivity index (χ2n) is 2.18. The largest absolute Gasteiger partial charge is 1.00 e. The predicted molar refractivity (Wildman–Crippen MR) is 20.8 cm³/mol. The van der Waals surface area contributed by atoms with E-state index in [0.717, 1.165) is 0 Å². The van der Waals surface area contributed by atoms with Crippen LogP contribution in [-0.4, -0.2) is 5.60 Å². The van der Waals surface area contributed by atoms with Crippen molar-refractivity contribution in [1.29, 1.82) is 0 Å². The molecule has 0 aromatic carbocycles. The molecule has 47 valence electrons. The SMILES string of the molecule is CC(C)(C)[O][Co+].[Cl-]. The Labute approximate surface area is 59.1 Å². The summed E-state index contributed by atoms with van der Waals surface area (Å²) < 4.78 is 4.62. The van der Waals surface area contributed by atoms with Gasteiger partial charge in [0.05, 0.1) is 0 Å². The fraction of sp³-hybridized carbons (Fsp3) is 1.00. The van der Waals surface area contributed by atoms with Gasteiger partial charge in [-0.05, 0) is 0 Å². The van der Waals surface area contributed by atoms with Gasteiger partial charge in [-0.1, -0.05) is 0 Å². The molecule has 0 atom stereocenters. The Bertz CT molecular complexity index is 41.4. The zero-order valence-corrected chi connectivity index (χ0v) is 6.42. The topological polar surface area (TPSA) is 9.23 Å². The molecule has 0 aliphatic rings. The van der Waals surface area contributed by atoms with Gasteiger partial charge >= 0.3 is 46.3 Å². The van der Waals surface area contributed by atoms with Crippen LogP contribution < -0.4 is 12.4 Å². The third-order valence-electron chi connectivity index (χ3n) is 0.204. The van der Waals surface area contributed by atoms with E-state index in [1.54, 1.807) is 0 Å². The first kappa shape index (κ1) is 10.7. The standard InChI is InChI=1S/C4H9O.ClH.Co/c1-4(2,3)5;;/h1-3H3;1H;/q-1;;+2/p-1.